The minimum Gasteiger partial charge on any atom is -0.486 e. The SMILES string of the molecule is OC1(Cc2cc3c(cc2Br)OCCO3)CC1. The monoisotopic (exact) mass is 284 g/mol. The third-order valence-corrected chi connectivity index (χ3v) is 3.80. The van der Waals surface area contributed by atoms with Crippen LogP contribution < -0.4 is 9.47 Å². The molecular formula is C12H13BrO3. The number of benzene rings is 1. The molecule has 86 valence electrons. The van der Waals surface area contributed by atoms with Crippen molar-refractivity contribution in [2.45, 2.75) is 24.9 Å². The first-order chi connectivity index (χ1) is 7.66. The summed E-state index contributed by atoms with van der Waals surface area (Å²) in [6.45, 7) is 1.20. The van der Waals surface area contributed by atoms with E-state index >= 15 is 0 Å². The molecule has 0 amide bonds. The van der Waals surface area contributed by atoms with Crippen LogP contribution in [-0.2, 0) is 6.42 Å². The fourth-order valence-corrected chi connectivity index (χ4v) is 2.38. The molecule has 1 aromatic carbocycles. The Balaban J connectivity index is 1.92. The van der Waals surface area contributed by atoms with E-state index in [-0.39, 0.29) is 0 Å². The fourth-order valence-electron chi connectivity index (χ4n) is 1.92. The molecule has 1 aliphatic carbocycles. The van der Waals surface area contributed by atoms with E-state index in [9.17, 15) is 5.11 Å². The van der Waals surface area contributed by atoms with Gasteiger partial charge in [-0.05, 0) is 30.5 Å². The average molecular weight is 285 g/mol. The van der Waals surface area contributed by atoms with Gasteiger partial charge in [0.25, 0.3) is 0 Å². The molecule has 4 heteroatoms. The summed E-state index contributed by atoms with van der Waals surface area (Å²) in [7, 11) is 0. The maximum absolute atomic E-state index is 9.92. The molecule has 1 aliphatic heterocycles. The molecular weight excluding hydrogens is 272 g/mol. The van der Waals surface area contributed by atoms with E-state index in [0.717, 1.165) is 34.4 Å². The molecule has 1 fully saturated rings. The second kappa shape index (κ2) is 3.64. The summed E-state index contributed by atoms with van der Waals surface area (Å²) < 4.78 is 12.0. The predicted octanol–water partition coefficient (Wildman–Crippen LogP) is 2.29. The standard InChI is InChI=1S/C12H13BrO3/c13-9-6-11-10(15-3-4-16-11)5-8(9)7-12(14)1-2-12/h5-6,14H,1-4,7H2. The van der Waals surface area contributed by atoms with Crippen molar-refractivity contribution in [3.8, 4) is 11.5 Å². The zero-order valence-electron chi connectivity index (χ0n) is 8.83. The van der Waals surface area contributed by atoms with Crippen LogP contribution in [0.1, 0.15) is 18.4 Å². The van der Waals surface area contributed by atoms with Gasteiger partial charge in [0.05, 0.1) is 5.60 Å². The normalized spacial score (nSPS) is 20.6. The van der Waals surface area contributed by atoms with Gasteiger partial charge < -0.3 is 14.6 Å². The first kappa shape index (κ1) is 10.4. The second-order valence-corrected chi connectivity index (χ2v) is 5.34. The van der Waals surface area contributed by atoms with E-state index in [1.807, 2.05) is 12.1 Å². The number of halogens is 1. The van der Waals surface area contributed by atoms with Gasteiger partial charge in [-0.25, -0.2) is 0 Å². The summed E-state index contributed by atoms with van der Waals surface area (Å²) in [4.78, 5) is 0. The highest BCUT2D eigenvalue weighted by atomic mass is 79.9. The van der Waals surface area contributed by atoms with Gasteiger partial charge >= 0.3 is 0 Å². The van der Waals surface area contributed by atoms with Crippen molar-refractivity contribution in [3.63, 3.8) is 0 Å². The zero-order valence-corrected chi connectivity index (χ0v) is 10.4. The Hall–Kier alpha value is -0.740. The van der Waals surface area contributed by atoms with Gasteiger partial charge in [0, 0.05) is 10.9 Å². The maximum Gasteiger partial charge on any atom is 0.162 e. The number of aliphatic hydroxyl groups is 1. The molecule has 0 aromatic heterocycles. The number of ether oxygens (including phenoxy) is 2. The van der Waals surface area contributed by atoms with Crippen molar-refractivity contribution in [1.82, 2.24) is 0 Å². The van der Waals surface area contributed by atoms with Crippen molar-refractivity contribution in [2.75, 3.05) is 13.2 Å². The molecule has 0 radical (unpaired) electrons. The molecule has 1 heterocycles. The van der Waals surface area contributed by atoms with E-state index in [1.165, 1.54) is 0 Å². The molecule has 0 bridgehead atoms. The lowest BCUT2D eigenvalue weighted by Gasteiger charge is -2.20. The first-order valence-electron chi connectivity index (χ1n) is 5.47. The highest BCUT2D eigenvalue weighted by molar-refractivity contribution is 9.10. The van der Waals surface area contributed by atoms with Crippen LogP contribution in [0.5, 0.6) is 11.5 Å². The van der Waals surface area contributed by atoms with Gasteiger partial charge in [0.2, 0.25) is 0 Å². The number of hydrogen-bond acceptors (Lipinski definition) is 3. The minimum absolute atomic E-state index is 0.480. The van der Waals surface area contributed by atoms with E-state index in [2.05, 4.69) is 15.9 Å². The Labute approximate surface area is 102 Å². The Bertz CT molecular complexity index is 427. The molecule has 3 rings (SSSR count). The van der Waals surface area contributed by atoms with E-state index in [4.69, 9.17) is 9.47 Å². The Kier molecular flexibility index (Phi) is 2.37. The molecule has 1 aromatic rings. The van der Waals surface area contributed by atoms with Crippen LogP contribution in [0.25, 0.3) is 0 Å². The van der Waals surface area contributed by atoms with Gasteiger partial charge in [-0.2, -0.15) is 0 Å². The fraction of sp³-hybridized carbons (Fsp3) is 0.500. The molecule has 1 saturated carbocycles. The summed E-state index contributed by atoms with van der Waals surface area (Å²) in [5.41, 5.74) is 0.607. The van der Waals surface area contributed by atoms with Crippen molar-refractivity contribution in [2.24, 2.45) is 0 Å². The first-order valence-corrected chi connectivity index (χ1v) is 6.26. The number of fused-ring (bicyclic) bond motifs is 1. The van der Waals surface area contributed by atoms with Gasteiger partial charge in [-0.3, -0.25) is 0 Å². The third-order valence-electron chi connectivity index (χ3n) is 3.06. The second-order valence-electron chi connectivity index (χ2n) is 4.49. The summed E-state index contributed by atoms with van der Waals surface area (Å²) in [5.74, 6) is 1.57. The molecule has 0 spiro atoms. The number of rotatable bonds is 2. The van der Waals surface area contributed by atoms with Crippen molar-refractivity contribution >= 4 is 15.9 Å². The highest BCUT2D eigenvalue weighted by Crippen LogP contribution is 2.42. The molecule has 0 atom stereocenters. The highest BCUT2D eigenvalue weighted by Gasteiger charge is 2.40. The quantitative estimate of drug-likeness (QED) is 0.906. The van der Waals surface area contributed by atoms with Gasteiger partial charge in [0.15, 0.2) is 11.5 Å². The van der Waals surface area contributed by atoms with E-state index in [0.29, 0.717) is 19.6 Å². The summed E-state index contributed by atoms with van der Waals surface area (Å²) >= 11 is 3.51. The summed E-state index contributed by atoms with van der Waals surface area (Å²) in [6.07, 6.45) is 2.48. The van der Waals surface area contributed by atoms with Gasteiger partial charge in [-0.15, -0.1) is 0 Å². The minimum atomic E-state index is -0.480. The summed E-state index contributed by atoms with van der Waals surface area (Å²) in [5, 5.41) is 9.92. The summed E-state index contributed by atoms with van der Waals surface area (Å²) in [6, 6.07) is 3.89. The van der Waals surface area contributed by atoms with Crippen LogP contribution in [0.3, 0.4) is 0 Å². The van der Waals surface area contributed by atoms with Gasteiger partial charge in [-0.1, -0.05) is 15.9 Å². The third kappa shape index (κ3) is 1.92. The zero-order chi connectivity index (χ0) is 11.2. The van der Waals surface area contributed by atoms with Crippen molar-refractivity contribution in [1.29, 1.82) is 0 Å². The molecule has 16 heavy (non-hydrogen) atoms. The van der Waals surface area contributed by atoms with Crippen LogP contribution in [0, 0.1) is 0 Å². The molecule has 0 unspecified atom stereocenters. The van der Waals surface area contributed by atoms with Crippen LogP contribution >= 0.6 is 15.9 Å². The van der Waals surface area contributed by atoms with Crippen LogP contribution in [0.4, 0.5) is 0 Å². The van der Waals surface area contributed by atoms with E-state index < -0.39 is 5.60 Å². The largest absolute Gasteiger partial charge is 0.486 e. The molecule has 2 aliphatic rings. The Morgan fingerprint density at radius 2 is 1.81 bits per heavy atom. The topological polar surface area (TPSA) is 38.7 Å². The van der Waals surface area contributed by atoms with Crippen molar-refractivity contribution < 1.29 is 14.6 Å². The smallest absolute Gasteiger partial charge is 0.162 e. The van der Waals surface area contributed by atoms with Gasteiger partial charge in [0.1, 0.15) is 13.2 Å². The molecule has 3 nitrogen and oxygen atoms in total. The Morgan fingerprint density at radius 1 is 1.19 bits per heavy atom. The van der Waals surface area contributed by atoms with Crippen LogP contribution in [-0.4, -0.2) is 23.9 Å². The molecule has 1 N–H and O–H groups in total. The Morgan fingerprint density at radius 3 is 2.44 bits per heavy atom. The average Bonchev–Trinajstić information content (AvgIpc) is 2.97. The van der Waals surface area contributed by atoms with Crippen molar-refractivity contribution in [3.05, 3.63) is 22.2 Å². The molecule has 0 saturated heterocycles. The predicted molar refractivity (Wildman–Crippen MR) is 63.0 cm³/mol. The van der Waals surface area contributed by atoms with Crippen LogP contribution in [0.2, 0.25) is 0 Å². The maximum atomic E-state index is 9.92. The van der Waals surface area contributed by atoms with E-state index in [1.54, 1.807) is 0 Å². The lowest BCUT2D eigenvalue weighted by molar-refractivity contribution is 0.149. The van der Waals surface area contributed by atoms with Crippen LogP contribution in [0.15, 0.2) is 16.6 Å². The number of hydrogen-bond donors (Lipinski definition) is 1. The lowest BCUT2D eigenvalue weighted by Crippen LogP contribution is -2.16. The lowest BCUT2D eigenvalue weighted by atomic mass is 10.1.